The first-order valence-electron chi connectivity index (χ1n) is 7.51. The van der Waals surface area contributed by atoms with Crippen molar-refractivity contribution >= 4 is 23.2 Å². The van der Waals surface area contributed by atoms with E-state index in [4.69, 9.17) is 0 Å². The van der Waals surface area contributed by atoms with Crippen LogP contribution in [0, 0.1) is 5.92 Å². The molecule has 126 valence electrons. The third kappa shape index (κ3) is 3.81. The zero-order valence-electron chi connectivity index (χ0n) is 12.6. The first-order valence-corrected chi connectivity index (χ1v) is 7.51. The van der Waals surface area contributed by atoms with Crippen LogP contribution in [0.2, 0.25) is 0 Å². The fourth-order valence-electron chi connectivity index (χ4n) is 2.25. The third-order valence-electron chi connectivity index (χ3n) is 3.88. The molecule has 0 atom stereocenters. The topological polar surface area (TPSA) is 66.9 Å². The Hall–Kier alpha value is -2.64. The van der Waals surface area contributed by atoms with Gasteiger partial charge >= 0.3 is 6.18 Å². The molecule has 3 rings (SSSR count). The van der Waals surface area contributed by atoms with Crippen molar-refractivity contribution in [3.8, 4) is 0 Å². The second kappa shape index (κ2) is 6.46. The zero-order valence-corrected chi connectivity index (χ0v) is 12.6. The molecule has 0 radical (unpaired) electrons. The van der Waals surface area contributed by atoms with Crippen molar-refractivity contribution in [1.82, 2.24) is 10.2 Å². The summed E-state index contributed by atoms with van der Waals surface area (Å²) in [6.45, 7) is 0. The van der Waals surface area contributed by atoms with Crippen LogP contribution in [0.3, 0.4) is 0 Å². The number of nitrogens with one attached hydrogen (secondary N) is 2. The predicted molar refractivity (Wildman–Crippen MR) is 82.7 cm³/mol. The number of hydrogen-bond acceptors (Lipinski definition) is 4. The molecule has 1 saturated carbocycles. The molecule has 1 heterocycles. The Kier molecular flexibility index (Phi) is 4.37. The van der Waals surface area contributed by atoms with Gasteiger partial charge in [0.05, 0.1) is 5.56 Å². The Morgan fingerprint density at radius 3 is 2.12 bits per heavy atom. The van der Waals surface area contributed by atoms with Crippen LogP contribution >= 0.6 is 0 Å². The van der Waals surface area contributed by atoms with Crippen molar-refractivity contribution in [2.24, 2.45) is 5.92 Å². The van der Waals surface area contributed by atoms with Crippen LogP contribution in [0.15, 0.2) is 36.4 Å². The highest BCUT2D eigenvalue weighted by Gasteiger charge is 2.30. The first kappa shape index (κ1) is 16.2. The van der Waals surface area contributed by atoms with Gasteiger partial charge in [0, 0.05) is 11.6 Å². The van der Waals surface area contributed by atoms with Crippen molar-refractivity contribution < 1.29 is 18.0 Å². The van der Waals surface area contributed by atoms with Gasteiger partial charge in [0.1, 0.15) is 0 Å². The molecule has 24 heavy (non-hydrogen) atoms. The van der Waals surface area contributed by atoms with E-state index in [-0.39, 0.29) is 11.8 Å². The molecule has 2 aromatic rings. The Morgan fingerprint density at radius 1 is 1.00 bits per heavy atom. The van der Waals surface area contributed by atoms with E-state index in [9.17, 15) is 18.0 Å². The number of benzene rings is 1. The number of aromatic nitrogens is 2. The van der Waals surface area contributed by atoms with E-state index >= 15 is 0 Å². The van der Waals surface area contributed by atoms with E-state index < -0.39 is 11.7 Å². The average molecular weight is 336 g/mol. The lowest BCUT2D eigenvalue weighted by Gasteiger charge is -2.23. The van der Waals surface area contributed by atoms with Gasteiger partial charge in [0.25, 0.3) is 0 Å². The molecule has 5 nitrogen and oxygen atoms in total. The van der Waals surface area contributed by atoms with Crippen molar-refractivity contribution in [3.05, 3.63) is 42.0 Å². The Bertz CT molecular complexity index is 710. The average Bonchev–Trinajstić information content (AvgIpc) is 2.47. The van der Waals surface area contributed by atoms with Gasteiger partial charge in [-0.2, -0.15) is 13.2 Å². The van der Waals surface area contributed by atoms with Gasteiger partial charge in [0.15, 0.2) is 11.6 Å². The van der Waals surface area contributed by atoms with Gasteiger partial charge < -0.3 is 10.6 Å². The van der Waals surface area contributed by atoms with Gasteiger partial charge in [-0.25, -0.2) is 0 Å². The second-order valence-corrected chi connectivity index (χ2v) is 5.62. The fraction of sp³-hybridized carbons (Fsp3) is 0.312. The SMILES string of the molecule is O=C(Nc1ccc(Nc2ccc(C(F)(F)F)cc2)nn1)C1CCC1. The maximum atomic E-state index is 12.5. The largest absolute Gasteiger partial charge is 0.416 e. The van der Waals surface area contributed by atoms with Gasteiger partial charge in [-0.15, -0.1) is 10.2 Å². The fourth-order valence-corrected chi connectivity index (χ4v) is 2.25. The van der Waals surface area contributed by atoms with Gasteiger partial charge in [0.2, 0.25) is 5.91 Å². The zero-order chi connectivity index (χ0) is 17.2. The quantitative estimate of drug-likeness (QED) is 0.886. The molecule has 2 N–H and O–H groups in total. The molecule has 0 bridgehead atoms. The van der Waals surface area contributed by atoms with Gasteiger partial charge in [-0.05, 0) is 49.2 Å². The van der Waals surface area contributed by atoms with E-state index in [2.05, 4.69) is 20.8 Å². The van der Waals surface area contributed by atoms with Crippen LogP contribution in [0.25, 0.3) is 0 Å². The second-order valence-electron chi connectivity index (χ2n) is 5.62. The molecular weight excluding hydrogens is 321 g/mol. The lowest BCUT2D eigenvalue weighted by molar-refractivity contribution is -0.137. The standard InChI is InChI=1S/C16H15F3N4O/c17-16(18,19)11-4-6-12(7-5-11)20-13-8-9-14(23-22-13)21-15(24)10-2-1-3-10/h4-10H,1-3H2,(H,20,22)(H,21,23,24). The third-order valence-corrected chi connectivity index (χ3v) is 3.88. The number of anilines is 3. The van der Waals surface area contributed by atoms with Gasteiger partial charge in [-0.3, -0.25) is 4.79 Å². The summed E-state index contributed by atoms with van der Waals surface area (Å²) in [5, 5.41) is 13.3. The Morgan fingerprint density at radius 2 is 1.62 bits per heavy atom. The van der Waals surface area contributed by atoms with E-state index in [1.54, 1.807) is 12.1 Å². The summed E-state index contributed by atoms with van der Waals surface area (Å²) in [6.07, 6.45) is -1.50. The van der Waals surface area contributed by atoms with E-state index in [0.29, 0.717) is 17.3 Å². The molecule has 1 aliphatic rings. The normalized spacial score (nSPS) is 14.8. The first-order chi connectivity index (χ1) is 11.4. The minimum absolute atomic E-state index is 0.0525. The smallest absolute Gasteiger partial charge is 0.339 e. The molecule has 0 saturated heterocycles. The summed E-state index contributed by atoms with van der Waals surface area (Å²) >= 11 is 0. The molecule has 1 amide bonds. The highest BCUT2D eigenvalue weighted by atomic mass is 19.4. The van der Waals surface area contributed by atoms with Crippen LogP contribution in [0.1, 0.15) is 24.8 Å². The highest BCUT2D eigenvalue weighted by Crippen LogP contribution is 2.30. The van der Waals surface area contributed by atoms with Gasteiger partial charge in [-0.1, -0.05) is 6.42 Å². The number of amides is 1. The molecular formula is C16H15F3N4O. The number of alkyl halides is 3. The molecule has 8 heteroatoms. The molecule has 0 spiro atoms. The summed E-state index contributed by atoms with van der Waals surface area (Å²) in [6, 6.07) is 7.80. The van der Waals surface area contributed by atoms with Crippen molar-refractivity contribution in [1.29, 1.82) is 0 Å². The summed E-state index contributed by atoms with van der Waals surface area (Å²) in [5.41, 5.74) is -0.253. The highest BCUT2D eigenvalue weighted by molar-refractivity contribution is 5.92. The van der Waals surface area contributed by atoms with E-state index in [1.807, 2.05) is 0 Å². The van der Waals surface area contributed by atoms with Crippen LogP contribution < -0.4 is 10.6 Å². The number of nitrogens with zero attached hydrogens (tertiary/aromatic N) is 2. The molecule has 1 aromatic carbocycles. The summed E-state index contributed by atoms with van der Waals surface area (Å²) in [4.78, 5) is 11.8. The monoisotopic (exact) mass is 336 g/mol. The van der Waals surface area contributed by atoms with Crippen LogP contribution in [0.5, 0.6) is 0 Å². The lowest BCUT2D eigenvalue weighted by atomic mass is 9.85. The van der Waals surface area contributed by atoms with Crippen molar-refractivity contribution in [2.75, 3.05) is 10.6 Å². The lowest BCUT2D eigenvalue weighted by Crippen LogP contribution is -2.28. The molecule has 1 aromatic heterocycles. The summed E-state index contributed by atoms with van der Waals surface area (Å²) in [5.74, 6) is 0.719. The maximum Gasteiger partial charge on any atom is 0.416 e. The summed E-state index contributed by atoms with van der Waals surface area (Å²) < 4.78 is 37.5. The van der Waals surface area contributed by atoms with Crippen LogP contribution in [0.4, 0.5) is 30.5 Å². The number of carbonyl (C=O) groups is 1. The number of hydrogen-bond donors (Lipinski definition) is 2. The number of carbonyl (C=O) groups excluding carboxylic acids is 1. The minimum Gasteiger partial charge on any atom is -0.339 e. The molecule has 1 aliphatic carbocycles. The molecule has 0 aliphatic heterocycles. The van der Waals surface area contributed by atoms with Crippen molar-refractivity contribution in [3.63, 3.8) is 0 Å². The van der Waals surface area contributed by atoms with E-state index in [1.165, 1.54) is 12.1 Å². The minimum atomic E-state index is -4.36. The Balaban J connectivity index is 1.60. The predicted octanol–water partition coefficient (Wildman–Crippen LogP) is 3.98. The van der Waals surface area contributed by atoms with Crippen molar-refractivity contribution in [2.45, 2.75) is 25.4 Å². The maximum absolute atomic E-state index is 12.5. The number of rotatable bonds is 4. The van der Waals surface area contributed by atoms with Crippen LogP contribution in [-0.4, -0.2) is 16.1 Å². The van der Waals surface area contributed by atoms with E-state index in [0.717, 1.165) is 31.4 Å². The number of halogens is 3. The molecule has 0 unspecified atom stereocenters. The van der Waals surface area contributed by atoms with Crippen LogP contribution in [-0.2, 0) is 11.0 Å². The molecule has 1 fully saturated rings. The summed E-state index contributed by atoms with van der Waals surface area (Å²) in [7, 11) is 0. The Labute approximate surface area is 136 Å².